The van der Waals surface area contributed by atoms with Crippen molar-refractivity contribution in [1.82, 2.24) is 10.9 Å². The van der Waals surface area contributed by atoms with E-state index in [1.54, 1.807) is 36.4 Å². The highest BCUT2D eigenvalue weighted by molar-refractivity contribution is 9.10. The third-order valence-electron chi connectivity index (χ3n) is 3.10. The van der Waals surface area contributed by atoms with Gasteiger partial charge in [0.2, 0.25) is 0 Å². The Morgan fingerprint density at radius 1 is 1.00 bits per heavy atom. The molecule has 24 heavy (non-hydrogen) atoms. The van der Waals surface area contributed by atoms with Crippen molar-refractivity contribution in [2.45, 2.75) is 6.92 Å². The van der Waals surface area contributed by atoms with Crippen LogP contribution in [-0.4, -0.2) is 25.5 Å². The normalized spacial score (nSPS) is 9.96. The lowest BCUT2D eigenvalue weighted by Gasteiger charge is -2.11. The molecule has 2 amide bonds. The first kappa shape index (κ1) is 17.8. The molecular formula is C17H17BrN2O4. The second-order valence-electron chi connectivity index (χ2n) is 4.72. The summed E-state index contributed by atoms with van der Waals surface area (Å²) in [7, 11) is 1.49. The van der Waals surface area contributed by atoms with Crippen molar-refractivity contribution in [3.63, 3.8) is 0 Å². The maximum Gasteiger partial charge on any atom is 0.269 e. The van der Waals surface area contributed by atoms with E-state index in [0.29, 0.717) is 29.2 Å². The van der Waals surface area contributed by atoms with E-state index in [4.69, 9.17) is 9.47 Å². The van der Waals surface area contributed by atoms with Crippen LogP contribution in [0.3, 0.4) is 0 Å². The van der Waals surface area contributed by atoms with E-state index in [-0.39, 0.29) is 0 Å². The Labute approximate surface area is 148 Å². The van der Waals surface area contributed by atoms with E-state index in [0.717, 1.165) is 4.47 Å². The molecule has 0 aliphatic rings. The fraction of sp³-hybridized carbons (Fsp3) is 0.176. The van der Waals surface area contributed by atoms with Crippen molar-refractivity contribution >= 4 is 27.7 Å². The van der Waals surface area contributed by atoms with Crippen molar-refractivity contribution in [2.75, 3.05) is 13.7 Å². The van der Waals surface area contributed by atoms with Crippen molar-refractivity contribution in [1.29, 1.82) is 0 Å². The highest BCUT2D eigenvalue weighted by atomic mass is 79.9. The van der Waals surface area contributed by atoms with Crippen molar-refractivity contribution < 1.29 is 19.1 Å². The molecule has 6 nitrogen and oxygen atoms in total. The summed E-state index contributed by atoms with van der Waals surface area (Å²) in [6.07, 6.45) is 0. The third kappa shape index (κ3) is 4.48. The molecule has 0 aliphatic carbocycles. The minimum absolute atomic E-state index is 0.338. The van der Waals surface area contributed by atoms with E-state index < -0.39 is 11.8 Å². The Morgan fingerprint density at radius 3 is 2.25 bits per heavy atom. The molecule has 0 heterocycles. The van der Waals surface area contributed by atoms with Gasteiger partial charge in [0, 0.05) is 15.6 Å². The SMILES string of the molecule is CCOc1ccc(C(=O)NNC(=O)c2cccc(Br)c2)cc1OC. The molecule has 2 rings (SSSR count). The smallest absolute Gasteiger partial charge is 0.269 e. The highest BCUT2D eigenvalue weighted by Crippen LogP contribution is 2.27. The fourth-order valence-electron chi connectivity index (χ4n) is 1.97. The van der Waals surface area contributed by atoms with E-state index in [2.05, 4.69) is 26.8 Å². The molecule has 2 N–H and O–H groups in total. The van der Waals surface area contributed by atoms with E-state index >= 15 is 0 Å². The lowest BCUT2D eigenvalue weighted by atomic mass is 10.2. The van der Waals surface area contributed by atoms with Crippen molar-refractivity contribution in [2.24, 2.45) is 0 Å². The molecule has 2 aromatic carbocycles. The van der Waals surface area contributed by atoms with Gasteiger partial charge in [0.05, 0.1) is 13.7 Å². The van der Waals surface area contributed by atoms with Crippen LogP contribution in [0.25, 0.3) is 0 Å². The summed E-state index contributed by atoms with van der Waals surface area (Å²) >= 11 is 3.29. The van der Waals surface area contributed by atoms with Crippen LogP contribution >= 0.6 is 15.9 Å². The molecular weight excluding hydrogens is 376 g/mol. The molecule has 126 valence electrons. The van der Waals surface area contributed by atoms with Gasteiger partial charge in [0.25, 0.3) is 11.8 Å². The number of ether oxygens (including phenoxy) is 2. The fourth-order valence-corrected chi connectivity index (χ4v) is 2.37. The standard InChI is InChI=1S/C17H17BrN2O4/c1-3-24-14-8-7-12(10-15(14)23-2)17(22)20-19-16(21)11-5-4-6-13(18)9-11/h4-10H,3H2,1-2H3,(H,19,21)(H,20,22). The van der Waals surface area contributed by atoms with Gasteiger partial charge in [-0.15, -0.1) is 0 Å². The zero-order valence-electron chi connectivity index (χ0n) is 13.3. The minimum atomic E-state index is -0.459. The second-order valence-corrected chi connectivity index (χ2v) is 5.63. The van der Waals surface area contributed by atoms with Crippen LogP contribution in [0.15, 0.2) is 46.9 Å². The van der Waals surface area contributed by atoms with E-state index in [9.17, 15) is 9.59 Å². The quantitative estimate of drug-likeness (QED) is 0.766. The number of carbonyl (C=O) groups is 2. The van der Waals surface area contributed by atoms with Crippen LogP contribution in [0.5, 0.6) is 11.5 Å². The maximum absolute atomic E-state index is 12.2. The van der Waals surface area contributed by atoms with Crippen LogP contribution in [0.4, 0.5) is 0 Å². The van der Waals surface area contributed by atoms with Crippen LogP contribution in [0.2, 0.25) is 0 Å². The molecule has 0 aromatic heterocycles. The number of nitrogens with one attached hydrogen (secondary N) is 2. The first-order chi connectivity index (χ1) is 11.5. The first-order valence-electron chi connectivity index (χ1n) is 7.22. The van der Waals surface area contributed by atoms with Gasteiger partial charge in [-0.2, -0.15) is 0 Å². The van der Waals surface area contributed by atoms with Crippen LogP contribution in [-0.2, 0) is 0 Å². The summed E-state index contributed by atoms with van der Waals surface area (Å²) in [6, 6.07) is 11.6. The minimum Gasteiger partial charge on any atom is -0.493 e. The Morgan fingerprint density at radius 2 is 1.67 bits per heavy atom. The molecule has 0 saturated carbocycles. The number of hydrazine groups is 1. The average Bonchev–Trinajstić information content (AvgIpc) is 2.60. The van der Waals surface area contributed by atoms with Gasteiger partial charge in [-0.05, 0) is 43.3 Å². The predicted octanol–water partition coefficient (Wildman–Crippen LogP) is 2.93. The van der Waals surface area contributed by atoms with Gasteiger partial charge in [-0.25, -0.2) is 0 Å². The van der Waals surface area contributed by atoms with Crippen LogP contribution < -0.4 is 20.3 Å². The molecule has 0 fully saturated rings. The summed E-state index contributed by atoms with van der Waals surface area (Å²) in [5.41, 5.74) is 5.50. The number of hydrogen-bond acceptors (Lipinski definition) is 4. The summed E-state index contributed by atoms with van der Waals surface area (Å²) in [6.45, 7) is 2.35. The van der Waals surface area contributed by atoms with Gasteiger partial charge in [0.15, 0.2) is 11.5 Å². The zero-order chi connectivity index (χ0) is 17.5. The number of benzene rings is 2. The van der Waals surface area contributed by atoms with E-state index in [1.165, 1.54) is 7.11 Å². The monoisotopic (exact) mass is 392 g/mol. The molecule has 2 aromatic rings. The number of methoxy groups -OCH3 is 1. The molecule has 0 atom stereocenters. The lowest BCUT2D eigenvalue weighted by Crippen LogP contribution is -2.41. The summed E-state index contributed by atoms with van der Waals surface area (Å²) in [5.74, 6) is 0.125. The van der Waals surface area contributed by atoms with Crippen molar-refractivity contribution in [3.8, 4) is 11.5 Å². The second kappa shape index (κ2) is 8.35. The average molecular weight is 393 g/mol. The van der Waals surface area contributed by atoms with Gasteiger partial charge in [0.1, 0.15) is 0 Å². The number of carbonyl (C=O) groups excluding carboxylic acids is 2. The predicted molar refractivity (Wildman–Crippen MR) is 93.2 cm³/mol. The summed E-state index contributed by atoms with van der Waals surface area (Å²) in [5, 5.41) is 0. The summed E-state index contributed by atoms with van der Waals surface area (Å²) < 4.78 is 11.4. The molecule has 0 saturated heterocycles. The first-order valence-corrected chi connectivity index (χ1v) is 8.01. The number of rotatable bonds is 5. The van der Waals surface area contributed by atoms with Crippen molar-refractivity contribution in [3.05, 3.63) is 58.1 Å². The number of amides is 2. The number of halogens is 1. The molecule has 7 heteroatoms. The number of hydrogen-bond donors (Lipinski definition) is 2. The topological polar surface area (TPSA) is 76.7 Å². The largest absolute Gasteiger partial charge is 0.493 e. The molecule has 0 unspecified atom stereocenters. The molecule has 0 bridgehead atoms. The van der Waals surface area contributed by atoms with Gasteiger partial charge < -0.3 is 9.47 Å². The molecule has 0 radical (unpaired) electrons. The van der Waals surface area contributed by atoms with Crippen LogP contribution in [0.1, 0.15) is 27.6 Å². The Balaban J connectivity index is 2.03. The Bertz CT molecular complexity index is 749. The van der Waals surface area contributed by atoms with Crippen LogP contribution in [0, 0.1) is 0 Å². The zero-order valence-corrected chi connectivity index (χ0v) is 14.8. The van der Waals surface area contributed by atoms with Gasteiger partial charge in [-0.1, -0.05) is 22.0 Å². The lowest BCUT2D eigenvalue weighted by molar-refractivity contribution is 0.0846. The molecule has 0 spiro atoms. The van der Waals surface area contributed by atoms with E-state index in [1.807, 2.05) is 13.0 Å². The molecule has 0 aliphatic heterocycles. The Kier molecular flexibility index (Phi) is 6.20. The highest BCUT2D eigenvalue weighted by Gasteiger charge is 2.12. The maximum atomic E-state index is 12.2. The summed E-state index contributed by atoms with van der Waals surface area (Å²) in [4.78, 5) is 24.2. The van der Waals surface area contributed by atoms with Gasteiger partial charge in [-0.3, -0.25) is 20.4 Å². The Hall–Kier alpha value is -2.54. The van der Waals surface area contributed by atoms with Gasteiger partial charge >= 0.3 is 0 Å². The third-order valence-corrected chi connectivity index (χ3v) is 3.60.